The summed E-state index contributed by atoms with van der Waals surface area (Å²) < 4.78 is 6.68. The van der Waals surface area contributed by atoms with E-state index in [-0.39, 0.29) is 0 Å². The number of rotatable bonds is 0. The highest BCUT2D eigenvalue weighted by Gasteiger charge is 2.54. The first-order valence-electron chi connectivity index (χ1n) is 9.26. The molecule has 5 aliphatic rings. The Bertz CT molecular complexity index is 548. The minimum Gasteiger partial charge on any atom is -0.374 e. The molecular weight excluding hydrogens is 270 g/mol. The lowest BCUT2D eigenvalue weighted by Gasteiger charge is -2.50. The van der Waals surface area contributed by atoms with Gasteiger partial charge in [0, 0.05) is 30.3 Å². The van der Waals surface area contributed by atoms with E-state index in [2.05, 4.69) is 42.5 Å². The lowest BCUT2D eigenvalue weighted by atomic mass is 9.63. The molecule has 0 spiro atoms. The fourth-order valence-corrected chi connectivity index (χ4v) is 5.91. The maximum absolute atomic E-state index is 6.68. The van der Waals surface area contributed by atoms with Crippen molar-refractivity contribution in [3.63, 3.8) is 0 Å². The van der Waals surface area contributed by atoms with Gasteiger partial charge in [-0.2, -0.15) is 0 Å². The molecule has 0 radical (unpaired) electrons. The van der Waals surface area contributed by atoms with E-state index in [1.165, 1.54) is 44.1 Å². The van der Waals surface area contributed by atoms with E-state index in [9.17, 15) is 0 Å². The third-order valence-electron chi connectivity index (χ3n) is 6.90. The minimum atomic E-state index is 0.501. The summed E-state index contributed by atoms with van der Waals surface area (Å²) in [5, 5.41) is 0. The Morgan fingerprint density at radius 2 is 2.09 bits per heavy atom. The van der Waals surface area contributed by atoms with E-state index in [0.717, 1.165) is 11.8 Å². The predicted molar refractivity (Wildman–Crippen MR) is 88.0 cm³/mol. The van der Waals surface area contributed by atoms with Crippen LogP contribution in [0.1, 0.15) is 45.4 Å². The Balaban J connectivity index is 1.48. The third kappa shape index (κ3) is 1.89. The second kappa shape index (κ2) is 4.99. The van der Waals surface area contributed by atoms with Crippen LogP contribution in [0, 0.1) is 23.7 Å². The monoisotopic (exact) mass is 297 g/mol. The van der Waals surface area contributed by atoms with Crippen molar-refractivity contribution in [3.05, 3.63) is 36.2 Å². The molecule has 2 fully saturated rings. The zero-order chi connectivity index (χ0) is 14.7. The van der Waals surface area contributed by atoms with E-state index in [1.807, 2.05) is 0 Å². The van der Waals surface area contributed by atoms with Gasteiger partial charge in [-0.1, -0.05) is 23.8 Å². The van der Waals surface area contributed by atoms with Crippen LogP contribution in [0.5, 0.6) is 0 Å². The highest BCUT2D eigenvalue weighted by Crippen LogP contribution is 2.53. The molecule has 7 unspecified atom stereocenters. The van der Waals surface area contributed by atoms with Crippen molar-refractivity contribution < 1.29 is 4.74 Å². The molecule has 5 rings (SSSR count). The first kappa shape index (κ1) is 13.4. The molecule has 3 aliphatic heterocycles. The predicted octanol–water partition coefficient (Wildman–Crippen LogP) is 4.26. The van der Waals surface area contributed by atoms with Crippen LogP contribution in [-0.2, 0) is 4.74 Å². The van der Waals surface area contributed by atoms with Gasteiger partial charge in [0.25, 0.3) is 0 Å². The molecule has 0 aromatic heterocycles. The number of nitrogens with zero attached hydrogens (tertiary/aromatic N) is 1. The molecule has 2 heteroatoms. The van der Waals surface area contributed by atoms with E-state index >= 15 is 0 Å². The maximum atomic E-state index is 6.68. The lowest BCUT2D eigenvalue weighted by Crippen LogP contribution is -2.51. The Hall–Kier alpha value is -1.02. The number of fused-ring (bicyclic) bond motifs is 7. The van der Waals surface area contributed by atoms with Gasteiger partial charge in [-0.3, -0.25) is 0 Å². The van der Waals surface area contributed by atoms with Crippen molar-refractivity contribution in [1.29, 1.82) is 0 Å². The molecule has 0 bridgehead atoms. The van der Waals surface area contributed by atoms with E-state index < -0.39 is 0 Å². The van der Waals surface area contributed by atoms with Gasteiger partial charge in [-0.25, -0.2) is 0 Å². The molecule has 2 aliphatic carbocycles. The molecule has 3 heterocycles. The first-order chi connectivity index (χ1) is 10.8. The molecule has 0 N–H and O–H groups in total. The summed E-state index contributed by atoms with van der Waals surface area (Å²) in [6.45, 7) is 2.27. The molecule has 0 aromatic rings. The average molecular weight is 297 g/mol. The van der Waals surface area contributed by atoms with Crippen molar-refractivity contribution in [1.82, 2.24) is 4.90 Å². The van der Waals surface area contributed by atoms with Crippen LogP contribution >= 0.6 is 0 Å². The Morgan fingerprint density at radius 3 is 3.05 bits per heavy atom. The molecule has 1 saturated heterocycles. The van der Waals surface area contributed by atoms with Crippen molar-refractivity contribution in [3.8, 4) is 0 Å². The zero-order valence-electron chi connectivity index (χ0n) is 13.5. The van der Waals surface area contributed by atoms with Crippen LogP contribution in [0.4, 0.5) is 0 Å². The normalized spacial score (nSPS) is 49.0. The van der Waals surface area contributed by atoms with Crippen molar-refractivity contribution in [2.45, 2.75) is 63.7 Å². The number of ether oxygens (including phenoxy) is 1. The van der Waals surface area contributed by atoms with Gasteiger partial charge in [0.05, 0.1) is 12.2 Å². The molecule has 22 heavy (non-hydrogen) atoms. The van der Waals surface area contributed by atoms with Crippen LogP contribution < -0.4 is 0 Å². The molecule has 2 nitrogen and oxygen atoms in total. The number of hydrogen-bond donors (Lipinski definition) is 0. The van der Waals surface area contributed by atoms with Crippen molar-refractivity contribution in [2.24, 2.45) is 23.7 Å². The highest BCUT2D eigenvalue weighted by molar-refractivity contribution is 5.19. The number of hydrogen-bond acceptors (Lipinski definition) is 2. The van der Waals surface area contributed by atoms with E-state index in [4.69, 9.17) is 4.74 Å². The number of allylic oxidation sites excluding steroid dienone is 3. The lowest BCUT2D eigenvalue weighted by molar-refractivity contribution is -0.0612. The topological polar surface area (TPSA) is 12.5 Å². The summed E-state index contributed by atoms with van der Waals surface area (Å²) in [7, 11) is 0. The second-order valence-electron chi connectivity index (χ2n) is 8.07. The van der Waals surface area contributed by atoms with Crippen LogP contribution in [0.2, 0.25) is 0 Å². The van der Waals surface area contributed by atoms with Crippen molar-refractivity contribution in [2.75, 3.05) is 0 Å². The summed E-state index contributed by atoms with van der Waals surface area (Å²) in [6, 6.07) is 0.677. The third-order valence-corrected chi connectivity index (χ3v) is 6.90. The maximum Gasteiger partial charge on any atom is 0.0667 e. The van der Waals surface area contributed by atoms with Crippen molar-refractivity contribution >= 4 is 0 Å². The SMILES string of the molecule is CC1=CN2C=CC3CCC4C5C=CCCC5OC4C3C2CC1. The first-order valence-corrected chi connectivity index (χ1v) is 9.26. The second-order valence-corrected chi connectivity index (χ2v) is 8.07. The Labute approximate surface area is 133 Å². The van der Waals surface area contributed by atoms with Crippen LogP contribution in [0.25, 0.3) is 0 Å². The van der Waals surface area contributed by atoms with Gasteiger partial charge in [0.2, 0.25) is 0 Å². The molecule has 1 saturated carbocycles. The summed E-state index contributed by atoms with van der Waals surface area (Å²) in [4.78, 5) is 2.50. The Morgan fingerprint density at radius 1 is 1.14 bits per heavy atom. The fourth-order valence-electron chi connectivity index (χ4n) is 5.91. The molecule has 0 aromatic carbocycles. The van der Waals surface area contributed by atoms with Crippen LogP contribution in [0.3, 0.4) is 0 Å². The van der Waals surface area contributed by atoms with E-state index in [1.54, 1.807) is 0 Å². The zero-order valence-corrected chi connectivity index (χ0v) is 13.5. The minimum absolute atomic E-state index is 0.501. The summed E-state index contributed by atoms with van der Waals surface area (Å²) in [5.41, 5.74) is 1.52. The standard InChI is InChI=1S/C20H27NO/c1-13-6-9-17-19-14(10-11-21(17)12-13)7-8-16-15-4-2-3-5-18(15)22-20(16)19/h2,4,10-12,14-20H,3,5-9H2,1H3. The molecule has 7 atom stereocenters. The fraction of sp³-hybridized carbons (Fsp3) is 0.700. The van der Waals surface area contributed by atoms with Gasteiger partial charge in [0.15, 0.2) is 0 Å². The van der Waals surface area contributed by atoms with Gasteiger partial charge >= 0.3 is 0 Å². The van der Waals surface area contributed by atoms with Crippen LogP contribution in [0.15, 0.2) is 36.2 Å². The molecule has 118 valence electrons. The van der Waals surface area contributed by atoms with E-state index in [0.29, 0.717) is 30.1 Å². The van der Waals surface area contributed by atoms with Gasteiger partial charge in [0.1, 0.15) is 0 Å². The van der Waals surface area contributed by atoms with Crippen LogP contribution in [-0.4, -0.2) is 23.1 Å². The van der Waals surface area contributed by atoms with Gasteiger partial charge < -0.3 is 9.64 Å². The van der Waals surface area contributed by atoms with Gasteiger partial charge in [-0.15, -0.1) is 0 Å². The summed E-state index contributed by atoms with van der Waals surface area (Å²) in [6.07, 6.45) is 20.9. The highest BCUT2D eigenvalue weighted by atomic mass is 16.5. The quantitative estimate of drug-likeness (QED) is 0.620. The molecule has 0 amide bonds. The molecular formula is C20H27NO. The summed E-state index contributed by atoms with van der Waals surface area (Å²) >= 11 is 0. The summed E-state index contributed by atoms with van der Waals surface area (Å²) in [5.74, 6) is 2.95. The Kier molecular flexibility index (Phi) is 3.04. The van der Waals surface area contributed by atoms with Gasteiger partial charge in [-0.05, 0) is 57.3 Å². The smallest absolute Gasteiger partial charge is 0.0667 e. The largest absolute Gasteiger partial charge is 0.374 e. The average Bonchev–Trinajstić information content (AvgIpc) is 2.93.